The molecule has 0 amide bonds. The zero-order valence-electron chi connectivity index (χ0n) is 17.9. The molecule has 1 atom stereocenters. The lowest BCUT2D eigenvalue weighted by atomic mass is 9.94. The zero-order valence-corrected chi connectivity index (χ0v) is 18.8. The Labute approximate surface area is 183 Å². The third-order valence-corrected chi connectivity index (χ3v) is 7.61. The van der Waals surface area contributed by atoms with Gasteiger partial charge in [0.05, 0.1) is 23.7 Å². The average molecular weight is 439 g/mol. The first kappa shape index (κ1) is 21.4. The van der Waals surface area contributed by atoms with E-state index >= 15 is 0 Å². The van der Waals surface area contributed by atoms with Crippen LogP contribution in [0.5, 0.6) is 5.75 Å². The molecular formula is C23H26N4O3S. The highest BCUT2D eigenvalue weighted by Gasteiger charge is 2.36. The van der Waals surface area contributed by atoms with Crippen molar-refractivity contribution >= 4 is 10.0 Å². The highest BCUT2D eigenvalue weighted by molar-refractivity contribution is 7.89. The largest absolute Gasteiger partial charge is 0.497 e. The predicted molar refractivity (Wildman–Crippen MR) is 118 cm³/mol. The van der Waals surface area contributed by atoms with E-state index in [4.69, 9.17) is 9.72 Å². The van der Waals surface area contributed by atoms with Gasteiger partial charge in [-0.15, -0.1) is 0 Å². The van der Waals surface area contributed by atoms with Crippen LogP contribution in [0.1, 0.15) is 42.4 Å². The molecule has 3 aromatic rings. The predicted octanol–water partition coefficient (Wildman–Crippen LogP) is 4.08. The molecule has 0 N–H and O–H groups in total. The van der Waals surface area contributed by atoms with Gasteiger partial charge in [0.1, 0.15) is 11.6 Å². The molecule has 0 saturated carbocycles. The molecule has 0 bridgehead atoms. The van der Waals surface area contributed by atoms with Gasteiger partial charge in [-0.3, -0.25) is 4.98 Å². The van der Waals surface area contributed by atoms with Crippen molar-refractivity contribution in [2.45, 2.75) is 44.0 Å². The molecular weight excluding hydrogens is 412 g/mol. The van der Waals surface area contributed by atoms with Crippen molar-refractivity contribution in [3.05, 3.63) is 66.0 Å². The van der Waals surface area contributed by atoms with Crippen LogP contribution >= 0.6 is 0 Å². The molecule has 8 heteroatoms. The molecule has 1 fully saturated rings. The summed E-state index contributed by atoms with van der Waals surface area (Å²) in [7, 11) is -2.14. The van der Waals surface area contributed by atoms with Crippen LogP contribution < -0.4 is 4.74 Å². The molecule has 4 rings (SSSR count). The maximum absolute atomic E-state index is 13.6. The molecule has 2 aromatic heterocycles. The summed E-state index contributed by atoms with van der Waals surface area (Å²) in [5, 5.41) is 0. The van der Waals surface area contributed by atoms with Gasteiger partial charge >= 0.3 is 0 Å². The van der Waals surface area contributed by atoms with Crippen LogP contribution in [0.2, 0.25) is 0 Å². The van der Waals surface area contributed by atoms with Crippen molar-refractivity contribution in [3.63, 3.8) is 0 Å². The van der Waals surface area contributed by atoms with Crippen molar-refractivity contribution in [3.8, 4) is 16.9 Å². The lowest BCUT2D eigenvalue weighted by Crippen LogP contribution is -2.39. The van der Waals surface area contributed by atoms with Gasteiger partial charge in [-0.1, -0.05) is 6.42 Å². The molecule has 3 heterocycles. The number of hydrogen-bond donors (Lipinski definition) is 0. The topological polar surface area (TPSA) is 85.3 Å². The fourth-order valence-electron chi connectivity index (χ4n) is 4.07. The second-order valence-corrected chi connectivity index (χ2v) is 9.60. The summed E-state index contributed by atoms with van der Waals surface area (Å²) >= 11 is 0. The Bertz CT molecular complexity index is 1180. The molecule has 0 spiro atoms. The summed E-state index contributed by atoms with van der Waals surface area (Å²) in [5.74, 6) is 1.24. The highest BCUT2D eigenvalue weighted by Crippen LogP contribution is 2.39. The summed E-state index contributed by atoms with van der Waals surface area (Å²) in [6.07, 6.45) is 7.80. The average Bonchev–Trinajstić information content (AvgIpc) is 2.79. The number of hydrogen-bond acceptors (Lipinski definition) is 6. The van der Waals surface area contributed by atoms with Crippen LogP contribution in [0, 0.1) is 13.8 Å². The number of aromatic nitrogens is 3. The number of ether oxygens (including phenoxy) is 1. The van der Waals surface area contributed by atoms with Crippen molar-refractivity contribution in [1.82, 2.24) is 19.3 Å². The first-order valence-electron chi connectivity index (χ1n) is 10.3. The number of pyridine rings is 1. The molecule has 1 aliphatic rings. The number of benzene rings is 1. The highest BCUT2D eigenvalue weighted by atomic mass is 32.2. The molecule has 7 nitrogen and oxygen atoms in total. The Kier molecular flexibility index (Phi) is 6.02. The lowest BCUT2D eigenvalue weighted by Gasteiger charge is -2.35. The number of aryl methyl sites for hydroxylation is 2. The molecule has 0 unspecified atom stereocenters. The molecule has 31 heavy (non-hydrogen) atoms. The number of sulfonamides is 1. The van der Waals surface area contributed by atoms with Crippen LogP contribution in [-0.2, 0) is 10.0 Å². The summed E-state index contributed by atoms with van der Waals surface area (Å²) in [5.41, 5.74) is 3.57. The van der Waals surface area contributed by atoms with Gasteiger partial charge in [0.25, 0.3) is 0 Å². The van der Waals surface area contributed by atoms with Gasteiger partial charge in [0.2, 0.25) is 10.0 Å². The SMILES string of the molecule is COc1ccc(S(=O)(=O)N2CCCC[C@H]2c2nc(C)ncc2-c2ccncc2C)cc1. The number of piperidine rings is 1. The quantitative estimate of drug-likeness (QED) is 0.597. The van der Waals surface area contributed by atoms with Crippen molar-refractivity contribution in [2.24, 2.45) is 0 Å². The van der Waals surface area contributed by atoms with E-state index in [0.29, 0.717) is 24.5 Å². The minimum Gasteiger partial charge on any atom is -0.497 e. The number of rotatable bonds is 5. The summed E-state index contributed by atoms with van der Waals surface area (Å²) in [4.78, 5) is 13.6. The standard InChI is InChI=1S/C23H26N4O3S/c1-16-14-24-12-11-20(16)21-15-25-17(2)26-23(21)22-6-4-5-13-27(22)31(28,29)19-9-7-18(30-3)8-10-19/h7-12,14-15,22H,4-6,13H2,1-3H3/t22-/m0/s1. The van der Waals surface area contributed by atoms with E-state index in [-0.39, 0.29) is 10.9 Å². The number of methoxy groups -OCH3 is 1. The van der Waals surface area contributed by atoms with Gasteiger partial charge in [-0.05, 0) is 68.1 Å². The van der Waals surface area contributed by atoms with Crippen LogP contribution in [0.4, 0.5) is 0 Å². The summed E-state index contributed by atoms with van der Waals surface area (Å²) in [6, 6.07) is 8.11. The maximum Gasteiger partial charge on any atom is 0.243 e. The third-order valence-electron chi connectivity index (χ3n) is 5.68. The molecule has 1 saturated heterocycles. The van der Waals surface area contributed by atoms with Crippen LogP contribution in [-0.4, -0.2) is 41.3 Å². The van der Waals surface area contributed by atoms with E-state index in [1.54, 1.807) is 54.3 Å². The number of nitrogens with zero attached hydrogens (tertiary/aromatic N) is 4. The first-order valence-corrected chi connectivity index (χ1v) is 11.8. The normalized spacial score (nSPS) is 17.5. The minimum atomic E-state index is -3.70. The minimum absolute atomic E-state index is 0.257. The van der Waals surface area contributed by atoms with Gasteiger partial charge in [0.15, 0.2) is 0 Å². The Morgan fingerprint density at radius 3 is 2.52 bits per heavy atom. The second kappa shape index (κ2) is 8.72. The van der Waals surface area contributed by atoms with E-state index in [0.717, 1.165) is 35.2 Å². The lowest BCUT2D eigenvalue weighted by molar-refractivity contribution is 0.251. The van der Waals surface area contributed by atoms with Gasteiger partial charge in [-0.25, -0.2) is 18.4 Å². The second-order valence-electron chi connectivity index (χ2n) is 7.71. The van der Waals surface area contributed by atoms with Crippen LogP contribution in [0.3, 0.4) is 0 Å². The summed E-state index contributed by atoms with van der Waals surface area (Å²) < 4.78 is 34.0. The third kappa shape index (κ3) is 4.18. The van der Waals surface area contributed by atoms with Gasteiger partial charge < -0.3 is 4.74 Å². The smallest absolute Gasteiger partial charge is 0.243 e. The van der Waals surface area contributed by atoms with Gasteiger partial charge in [0, 0.05) is 30.7 Å². The molecule has 162 valence electrons. The molecule has 1 aromatic carbocycles. The van der Waals surface area contributed by atoms with E-state index < -0.39 is 10.0 Å². The molecule has 0 aliphatic carbocycles. The fraction of sp³-hybridized carbons (Fsp3) is 0.348. The van der Waals surface area contributed by atoms with Crippen molar-refractivity contribution in [2.75, 3.05) is 13.7 Å². The first-order chi connectivity index (χ1) is 14.9. The van der Waals surface area contributed by atoms with Crippen LogP contribution in [0.15, 0.2) is 53.8 Å². The summed E-state index contributed by atoms with van der Waals surface area (Å²) in [6.45, 7) is 4.27. The van der Waals surface area contributed by atoms with Gasteiger partial charge in [-0.2, -0.15) is 4.31 Å². The Balaban J connectivity index is 1.81. The van der Waals surface area contributed by atoms with E-state index in [1.807, 2.05) is 19.9 Å². The van der Waals surface area contributed by atoms with E-state index in [9.17, 15) is 8.42 Å². The Hall–Kier alpha value is -2.84. The maximum atomic E-state index is 13.6. The molecule has 1 aliphatic heterocycles. The van der Waals surface area contributed by atoms with Crippen molar-refractivity contribution in [1.29, 1.82) is 0 Å². The zero-order chi connectivity index (χ0) is 22.0. The fourth-order valence-corrected chi connectivity index (χ4v) is 5.73. The van der Waals surface area contributed by atoms with Crippen LogP contribution in [0.25, 0.3) is 11.1 Å². The Morgan fingerprint density at radius 2 is 1.81 bits per heavy atom. The molecule has 0 radical (unpaired) electrons. The Morgan fingerprint density at radius 1 is 1.03 bits per heavy atom. The van der Waals surface area contributed by atoms with E-state index in [2.05, 4.69) is 9.97 Å². The van der Waals surface area contributed by atoms with E-state index in [1.165, 1.54) is 0 Å². The van der Waals surface area contributed by atoms with Crippen molar-refractivity contribution < 1.29 is 13.2 Å². The monoisotopic (exact) mass is 438 g/mol.